The molecule has 1 aliphatic carbocycles. The van der Waals surface area contributed by atoms with Crippen molar-refractivity contribution < 1.29 is 4.39 Å². The van der Waals surface area contributed by atoms with Crippen LogP contribution in [0.3, 0.4) is 0 Å². The molecule has 2 aliphatic rings. The lowest BCUT2D eigenvalue weighted by Crippen LogP contribution is -2.49. The maximum Gasteiger partial charge on any atom is 0.125 e. The number of hydrogen-bond acceptors (Lipinski definition) is 2. The quantitative estimate of drug-likeness (QED) is 0.847. The van der Waals surface area contributed by atoms with Crippen LogP contribution >= 0.6 is 11.6 Å². The molecule has 0 aromatic heterocycles. The van der Waals surface area contributed by atoms with Crippen molar-refractivity contribution in [2.45, 2.75) is 37.6 Å². The van der Waals surface area contributed by atoms with Crippen LogP contribution in [0.15, 0.2) is 18.2 Å². The Morgan fingerprint density at radius 1 is 1.21 bits per heavy atom. The average molecular weight is 283 g/mol. The monoisotopic (exact) mass is 282 g/mol. The van der Waals surface area contributed by atoms with Crippen molar-refractivity contribution in [3.63, 3.8) is 0 Å². The van der Waals surface area contributed by atoms with Gasteiger partial charge in [-0.3, -0.25) is 0 Å². The third-order valence-corrected chi connectivity index (χ3v) is 4.73. The highest BCUT2D eigenvalue weighted by atomic mass is 35.5. The Morgan fingerprint density at radius 2 is 2.00 bits per heavy atom. The van der Waals surface area contributed by atoms with Gasteiger partial charge in [0.2, 0.25) is 0 Å². The molecule has 1 heterocycles. The van der Waals surface area contributed by atoms with Gasteiger partial charge in [0.05, 0.1) is 10.7 Å². The van der Waals surface area contributed by atoms with Gasteiger partial charge in [-0.05, 0) is 44.0 Å². The molecule has 2 nitrogen and oxygen atoms in total. The molecule has 1 saturated heterocycles. The Hall–Kier alpha value is -0.800. The van der Waals surface area contributed by atoms with Crippen molar-refractivity contribution in [2.75, 3.05) is 24.5 Å². The van der Waals surface area contributed by atoms with Crippen LogP contribution in [0.4, 0.5) is 10.1 Å². The van der Waals surface area contributed by atoms with E-state index in [1.54, 1.807) is 12.1 Å². The second-order valence-electron chi connectivity index (χ2n) is 5.79. The Balaban J connectivity index is 1.88. The molecule has 1 aromatic rings. The first-order valence-corrected chi connectivity index (χ1v) is 7.51. The summed E-state index contributed by atoms with van der Waals surface area (Å²) in [5.41, 5.74) is 1.06. The van der Waals surface area contributed by atoms with Crippen LogP contribution in [0.2, 0.25) is 5.02 Å². The fourth-order valence-corrected chi connectivity index (χ4v) is 3.68. The van der Waals surface area contributed by atoms with E-state index in [1.165, 1.54) is 31.7 Å². The molecule has 19 heavy (non-hydrogen) atoms. The lowest BCUT2D eigenvalue weighted by atomic mass is 9.97. The molecule has 0 atom stereocenters. The van der Waals surface area contributed by atoms with Crippen molar-refractivity contribution in [3.05, 3.63) is 29.0 Å². The fourth-order valence-electron chi connectivity index (χ4n) is 3.44. The second-order valence-corrected chi connectivity index (χ2v) is 6.19. The summed E-state index contributed by atoms with van der Waals surface area (Å²) < 4.78 is 13.5. The van der Waals surface area contributed by atoms with Crippen molar-refractivity contribution in [3.8, 4) is 0 Å². The zero-order valence-corrected chi connectivity index (χ0v) is 11.8. The number of hydrogen-bond donors (Lipinski definition) is 1. The molecule has 4 heteroatoms. The van der Waals surface area contributed by atoms with E-state index in [1.807, 2.05) is 0 Å². The summed E-state index contributed by atoms with van der Waals surface area (Å²) in [6, 6.07) is 4.65. The fraction of sp³-hybridized carbons (Fsp3) is 0.600. The Bertz CT molecular complexity index is 457. The highest BCUT2D eigenvalue weighted by Gasteiger charge is 2.36. The molecule has 2 fully saturated rings. The lowest BCUT2D eigenvalue weighted by Gasteiger charge is -2.34. The normalized spacial score (nSPS) is 22.7. The van der Waals surface area contributed by atoms with Gasteiger partial charge < -0.3 is 10.2 Å². The van der Waals surface area contributed by atoms with Gasteiger partial charge in [-0.1, -0.05) is 24.4 Å². The molecule has 0 unspecified atom stereocenters. The molecule has 1 aliphatic heterocycles. The summed E-state index contributed by atoms with van der Waals surface area (Å²) in [7, 11) is 0. The first-order chi connectivity index (χ1) is 9.19. The largest absolute Gasteiger partial charge is 0.368 e. The summed E-state index contributed by atoms with van der Waals surface area (Å²) in [4.78, 5) is 2.26. The van der Waals surface area contributed by atoms with Gasteiger partial charge in [-0.25, -0.2) is 4.39 Å². The highest BCUT2D eigenvalue weighted by Crippen LogP contribution is 2.35. The van der Waals surface area contributed by atoms with E-state index in [0.29, 0.717) is 5.02 Å². The summed E-state index contributed by atoms with van der Waals surface area (Å²) in [5.74, 6) is -0.211. The standard InChI is InChI=1S/C15H20ClFN2/c16-13-5-4-12(17)10-14(13)19-9-3-8-18-15(11-19)6-1-2-7-15/h4-5,10,18H,1-3,6-9,11H2. The zero-order valence-electron chi connectivity index (χ0n) is 11.1. The molecule has 104 valence electrons. The maximum absolute atomic E-state index is 13.5. The minimum absolute atomic E-state index is 0.211. The molecule has 0 amide bonds. The number of rotatable bonds is 1. The minimum atomic E-state index is -0.211. The molecule has 1 aromatic carbocycles. The van der Waals surface area contributed by atoms with Gasteiger partial charge in [0, 0.05) is 18.6 Å². The van der Waals surface area contributed by atoms with Gasteiger partial charge in [0.15, 0.2) is 0 Å². The number of nitrogens with zero attached hydrogens (tertiary/aromatic N) is 1. The Labute approximate surface area is 118 Å². The summed E-state index contributed by atoms with van der Waals surface area (Å²) in [6.45, 7) is 2.93. The van der Waals surface area contributed by atoms with Gasteiger partial charge in [0.1, 0.15) is 5.82 Å². The highest BCUT2D eigenvalue weighted by molar-refractivity contribution is 6.33. The van der Waals surface area contributed by atoms with Gasteiger partial charge in [-0.15, -0.1) is 0 Å². The Morgan fingerprint density at radius 3 is 2.79 bits per heavy atom. The smallest absolute Gasteiger partial charge is 0.125 e. The maximum atomic E-state index is 13.5. The average Bonchev–Trinajstić information content (AvgIpc) is 2.74. The molecule has 0 radical (unpaired) electrons. The van der Waals surface area contributed by atoms with E-state index < -0.39 is 0 Å². The van der Waals surface area contributed by atoms with Crippen LogP contribution in [0.1, 0.15) is 32.1 Å². The van der Waals surface area contributed by atoms with Gasteiger partial charge in [-0.2, -0.15) is 0 Å². The molecule has 1 saturated carbocycles. The number of anilines is 1. The topological polar surface area (TPSA) is 15.3 Å². The Kier molecular flexibility index (Phi) is 3.68. The number of benzene rings is 1. The second kappa shape index (κ2) is 5.29. The van der Waals surface area contributed by atoms with Crippen molar-refractivity contribution in [2.24, 2.45) is 0 Å². The van der Waals surface area contributed by atoms with E-state index in [2.05, 4.69) is 10.2 Å². The van der Waals surface area contributed by atoms with E-state index in [-0.39, 0.29) is 11.4 Å². The van der Waals surface area contributed by atoms with E-state index in [0.717, 1.165) is 31.7 Å². The predicted molar refractivity (Wildman–Crippen MR) is 77.4 cm³/mol. The summed E-state index contributed by atoms with van der Waals surface area (Å²) in [5, 5.41) is 4.36. The van der Waals surface area contributed by atoms with Crippen molar-refractivity contribution in [1.82, 2.24) is 5.32 Å². The SMILES string of the molecule is Fc1ccc(Cl)c(N2CCCNC3(CCCC3)C2)c1. The molecular weight excluding hydrogens is 263 g/mol. The first-order valence-electron chi connectivity index (χ1n) is 7.14. The lowest BCUT2D eigenvalue weighted by molar-refractivity contribution is 0.354. The van der Waals surface area contributed by atoms with Crippen LogP contribution in [0.5, 0.6) is 0 Å². The molecule has 1 N–H and O–H groups in total. The zero-order chi connectivity index (χ0) is 13.3. The van der Waals surface area contributed by atoms with Crippen LogP contribution in [-0.4, -0.2) is 25.2 Å². The van der Waals surface area contributed by atoms with E-state index in [4.69, 9.17) is 11.6 Å². The van der Waals surface area contributed by atoms with Gasteiger partial charge in [0.25, 0.3) is 0 Å². The summed E-state index contributed by atoms with van der Waals surface area (Å²) >= 11 is 6.25. The predicted octanol–water partition coefficient (Wildman–Crippen LogP) is 3.59. The number of nitrogens with one attached hydrogen (secondary N) is 1. The van der Waals surface area contributed by atoms with Crippen molar-refractivity contribution in [1.29, 1.82) is 0 Å². The minimum Gasteiger partial charge on any atom is -0.368 e. The van der Waals surface area contributed by atoms with Crippen LogP contribution in [0.25, 0.3) is 0 Å². The molecule has 1 spiro atoms. The van der Waals surface area contributed by atoms with Gasteiger partial charge >= 0.3 is 0 Å². The van der Waals surface area contributed by atoms with Crippen LogP contribution in [-0.2, 0) is 0 Å². The third-order valence-electron chi connectivity index (χ3n) is 4.41. The van der Waals surface area contributed by atoms with E-state index in [9.17, 15) is 4.39 Å². The number of halogens is 2. The first kappa shape index (κ1) is 13.2. The third kappa shape index (κ3) is 2.72. The summed E-state index contributed by atoms with van der Waals surface area (Å²) in [6.07, 6.45) is 6.09. The molecule has 3 rings (SSSR count). The van der Waals surface area contributed by atoms with Crippen molar-refractivity contribution >= 4 is 17.3 Å². The van der Waals surface area contributed by atoms with Crippen LogP contribution < -0.4 is 10.2 Å². The van der Waals surface area contributed by atoms with Crippen LogP contribution in [0, 0.1) is 5.82 Å². The molecule has 0 bridgehead atoms. The molecular formula is C15H20ClFN2. The van der Waals surface area contributed by atoms with E-state index >= 15 is 0 Å².